The van der Waals surface area contributed by atoms with Crippen LogP contribution >= 0.6 is 11.3 Å². The molecule has 0 aliphatic carbocycles. The van der Waals surface area contributed by atoms with Crippen molar-refractivity contribution in [1.82, 2.24) is 4.98 Å². The van der Waals surface area contributed by atoms with Gasteiger partial charge >= 0.3 is 0 Å². The Hall–Kier alpha value is -1.88. The van der Waals surface area contributed by atoms with Crippen LogP contribution in [0.5, 0.6) is 0 Å². The van der Waals surface area contributed by atoms with Crippen LogP contribution in [-0.4, -0.2) is 17.4 Å². The first-order valence-corrected chi connectivity index (χ1v) is 8.09. The Kier molecular flexibility index (Phi) is 3.92. The number of aromatic nitrogens is 1. The molecule has 3 rings (SSSR count). The fraction of sp³-hybridized carbons (Fsp3) is 0.375. The molecular weight excluding hydrogens is 282 g/mol. The molecule has 0 bridgehead atoms. The molecule has 0 saturated carbocycles. The number of carbonyl (C=O) groups is 1. The number of carbonyl (C=O) groups excluding carboxylic acids is 1. The van der Waals surface area contributed by atoms with Gasteiger partial charge in [0.05, 0.1) is 5.69 Å². The van der Waals surface area contributed by atoms with E-state index >= 15 is 0 Å². The fourth-order valence-corrected chi connectivity index (χ4v) is 3.43. The molecule has 1 amide bonds. The summed E-state index contributed by atoms with van der Waals surface area (Å²) in [5, 5.41) is 8.96. The van der Waals surface area contributed by atoms with E-state index in [2.05, 4.69) is 41.6 Å². The van der Waals surface area contributed by atoms with Crippen molar-refractivity contribution in [2.45, 2.75) is 32.1 Å². The first kappa shape index (κ1) is 14.1. The summed E-state index contributed by atoms with van der Waals surface area (Å²) in [4.78, 5) is 16.6. The molecule has 4 nitrogen and oxygen atoms in total. The zero-order valence-electron chi connectivity index (χ0n) is 12.2. The predicted octanol–water partition coefficient (Wildman–Crippen LogP) is 3.80. The lowest BCUT2D eigenvalue weighted by atomic mass is 9.98. The third-order valence-electron chi connectivity index (χ3n) is 3.73. The van der Waals surface area contributed by atoms with Crippen molar-refractivity contribution < 1.29 is 4.79 Å². The number of thiazole rings is 1. The fourth-order valence-electron chi connectivity index (χ4n) is 2.54. The molecule has 1 aromatic heterocycles. The highest BCUT2D eigenvalue weighted by atomic mass is 32.1. The second-order valence-electron chi connectivity index (χ2n) is 5.65. The van der Waals surface area contributed by atoms with Crippen LogP contribution in [-0.2, 0) is 4.79 Å². The topological polar surface area (TPSA) is 54.0 Å². The van der Waals surface area contributed by atoms with Crippen LogP contribution in [0.3, 0.4) is 0 Å². The zero-order chi connectivity index (χ0) is 14.8. The molecule has 0 saturated heterocycles. The van der Waals surface area contributed by atoms with E-state index in [1.54, 1.807) is 0 Å². The molecule has 2 aromatic rings. The maximum atomic E-state index is 12.2. The third kappa shape index (κ3) is 3.08. The van der Waals surface area contributed by atoms with Gasteiger partial charge in [-0.2, -0.15) is 0 Å². The van der Waals surface area contributed by atoms with Crippen molar-refractivity contribution >= 4 is 28.1 Å². The highest BCUT2D eigenvalue weighted by molar-refractivity contribution is 7.13. The molecule has 0 radical (unpaired) electrons. The number of fused-ring (bicyclic) bond motifs is 1. The second kappa shape index (κ2) is 5.85. The number of para-hydroxylation sites is 1. The standard InChI is InChI=1S/C16H19N3OS/c1-10(2)14-9-21-16(18-14)19-15(20)7-11-8-17-13-6-4-3-5-12(11)13/h3-6,9-11,17H,7-8H2,1-2H3,(H,18,19,20). The minimum Gasteiger partial charge on any atom is -0.384 e. The number of benzene rings is 1. The normalized spacial score (nSPS) is 16.6. The van der Waals surface area contributed by atoms with Gasteiger partial charge in [-0.3, -0.25) is 4.79 Å². The summed E-state index contributed by atoms with van der Waals surface area (Å²) < 4.78 is 0. The van der Waals surface area contributed by atoms with E-state index in [0.717, 1.165) is 17.9 Å². The second-order valence-corrected chi connectivity index (χ2v) is 6.51. The van der Waals surface area contributed by atoms with E-state index in [-0.39, 0.29) is 11.8 Å². The Morgan fingerprint density at radius 3 is 3.05 bits per heavy atom. The molecule has 0 fully saturated rings. The lowest BCUT2D eigenvalue weighted by Gasteiger charge is -2.09. The van der Waals surface area contributed by atoms with Gasteiger partial charge in [0.2, 0.25) is 5.91 Å². The summed E-state index contributed by atoms with van der Waals surface area (Å²) in [7, 11) is 0. The first-order valence-electron chi connectivity index (χ1n) is 7.21. The van der Waals surface area contributed by atoms with Crippen molar-refractivity contribution in [3.8, 4) is 0 Å². The number of nitrogens with zero attached hydrogens (tertiary/aromatic N) is 1. The minimum atomic E-state index is 0.0307. The summed E-state index contributed by atoms with van der Waals surface area (Å²) in [5.74, 6) is 0.659. The maximum Gasteiger partial charge on any atom is 0.226 e. The maximum absolute atomic E-state index is 12.2. The van der Waals surface area contributed by atoms with E-state index in [9.17, 15) is 4.79 Å². The number of hydrogen-bond donors (Lipinski definition) is 2. The van der Waals surface area contributed by atoms with Gasteiger partial charge in [-0.05, 0) is 17.5 Å². The van der Waals surface area contributed by atoms with E-state index in [1.165, 1.54) is 16.9 Å². The lowest BCUT2D eigenvalue weighted by Crippen LogP contribution is -2.16. The van der Waals surface area contributed by atoms with Gasteiger partial charge in [-0.1, -0.05) is 32.0 Å². The van der Waals surface area contributed by atoms with Crippen LogP contribution in [0.15, 0.2) is 29.6 Å². The average molecular weight is 301 g/mol. The Morgan fingerprint density at radius 1 is 1.48 bits per heavy atom. The number of nitrogens with one attached hydrogen (secondary N) is 2. The van der Waals surface area contributed by atoms with Crippen LogP contribution in [0.25, 0.3) is 0 Å². The van der Waals surface area contributed by atoms with Crippen molar-refractivity contribution in [1.29, 1.82) is 0 Å². The monoisotopic (exact) mass is 301 g/mol. The lowest BCUT2D eigenvalue weighted by molar-refractivity contribution is -0.116. The molecule has 1 atom stereocenters. The van der Waals surface area contributed by atoms with Crippen molar-refractivity contribution in [2.24, 2.45) is 0 Å². The van der Waals surface area contributed by atoms with Gasteiger partial charge < -0.3 is 10.6 Å². The van der Waals surface area contributed by atoms with Crippen molar-refractivity contribution in [2.75, 3.05) is 17.2 Å². The van der Waals surface area contributed by atoms with Crippen molar-refractivity contribution in [3.63, 3.8) is 0 Å². The molecule has 1 unspecified atom stereocenters. The minimum absolute atomic E-state index is 0.0307. The number of rotatable bonds is 4. The average Bonchev–Trinajstić information content (AvgIpc) is 3.07. The van der Waals surface area contributed by atoms with Gasteiger partial charge in [0.1, 0.15) is 0 Å². The molecule has 1 aliphatic rings. The first-order chi connectivity index (χ1) is 10.1. The number of amides is 1. The van der Waals surface area contributed by atoms with E-state index in [0.29, 0.717) is 17.5 Å². The molecule has 21 heavy (non-hydrogen) atoms. The van der Waals surface area contributed by atoms with Gasteiger partial charge in [0.25, 0.3) is 0 Å². The summed E-state index contributed by atoms with van der Waals surface area (Å²) in [6.45, 7) is 5.02. The molecule has 2 heterocycles. The van der Waals surface area contributed by atoms with Gasteiger partial charge in [0.15, 0.2) is 5.13 Å². The Morgan fingerprint density at radius 2 is 2.29 bits per heavy atom. The predicted molar refractivity (Wildman–Crippen MR) is 87.1 cm³/mol. The van der Waals surface area contributed by atoms with Crippen LogP contribution < -0.4 is 10.6 Å². The quantitative estimate of drug-likeness (QED) is 0.903. The zero-order valence-corrected chi connectivity index (χ0v) is 13.0. The smallest absolute Gasteiger partial charge is 0.226 e. The summed E-state index contributed by atoms with van der Waals surface area (Å²) >= 11 is 1.49. The largest absolute Gasteiger partial charge is 0.384 e. The third-order valence-corrected chi connectivity index (χ3v) is 4.51. The Balaban J connectivity index is 1.62. The highest BCUT2D eigenvalue weighted by Gasteiger charge is 2.24. The highest BCUT2D eigenvalue weighted by Crippen LogP contribution is 2.33. The Bertz CT molecular complexity index is 650. The van der Waals surface area contributed by atoms with Crippen molar-refractivity contribution in [3.05, 3.63) is 40.9 Å². The molecule has 1 aromatic carbocycles. The molecule has 110 valence electrons. The van der Waals surface area contributed by atoms with Crippen LogP contribution in [0.2, 0.25) is 0 Å². The Labute approximate surface area is 128 Å². The van der Waals surface area contributed by atoms with Gasteiger partial charge in [-0.15, -0.1) is 11.3 Å². The van der Waals surface area contributed by atoms with E-state index < -0.39 is 0 Å². The van der Waals surface area contributed by atoms with E-state index in [4.69, 9.17) is 0 Å². The summed E-state index contributed by atoms with van der Waals surface area (Å²) in [6.07, 6.45) is 0.487. The van der Waals surface area contributed by atoms with E-state index in [1.807, 2.05) is 17.5 Å². The molecular formula is C16H19N3OS. The van der Waals surface area contributed by atoms with Gasteiger partial charge in [0, 0.05) is 30.0 Å². The molecule has 5 heteroatoms. The molecule has 1 aliphatic heterocycles. The molecule has 2 N–H and O–H groups in total. The van der Waals surface area contributed by atoms with Crippen LogP contribution in [0.1, 0.15) is 43.4 Å². The summed E-state index contributed by atoms with van der Waals surface area (Å²) in [6, 6.07) is 8.18. The SMILES string of the molecule is CC(C)c1csc(NC(=O)CC2CNc3ccccc32)n1. The summed E-state index contributed by atoms with van der Waals surface area (Å²) in [5.41, 5.74) is 3.41. The number of hydrogen-bond acceptors (Lipinski definition) is 4. The van der Waals surface area contributed by atoms with Crippen LogP contribution in [0.4, 0.5) is 10.8 Å². The molecule has 0 spiro atoms. The van der Waals surface area contributed by atoms with Crippen LogP contribution in [0, 0.1) is 0 Å². The van der Waals surface area contributed by atoms with Gasteiger partial charge in [-0.25, -0.2) is 4.98 Å². The number of anilines is 2.